The molecule has 0 saturated carbocycles. The molecule has 94 valence electrons. The summed E-state index contributed by atoms with van der Waals surface area (Å²) in [5.41, 5.74) is 0. The van der Waals surface area contributed by atoms with Crippen LogP contribution in [0.15, 0.2) is 21.2 Å². The second-order valence-corrected chi connectivity index (χ2v) is 4.44. The molecule has 0 fully saturated rings. The van der Waals surface area contributed by atoms with Gasteiger partial charge in [0, 0.05) is 6.04 Å². The van der Waals surface area contributed by atoms with Crippen LogP contribution in [0.5, 0.6) is 0 Å². The number of aliphatic carboxylic acids is 1. The van der Waals surface area contributed by atoms with Crippen molar-refractivity contribution in [2.45, 2.75) is 32.2 Å². The molecule has 0 bridgehead atoms. The lowest BCUT2D eigenvalue weighted by Gasteiger charge is -2.14. The normalized spacial score (nSPS) is 12.1. The maximum absolute atomic E-state index is 11.7. The number of amides is 1. The Morgan fingerprint density at radius 2 is 2.24 bits per heavy atom. The Balaban J connectivity index is 2.60. The molecule has 1 heterocycles. The van der Waals surface area contributed by atoms with Crippen LogP contribution in [0.25, 0.3) is 0 Å². The van der Waals surface area contributed by atoms with E-state index in [-0.39, 0.29) is 18.2 Å². The van der Waals surface area contributed by atoms with E-state index in [1.165, 1.54) is 6.07 Å². The summed E-state index contributed by atoms with van der Waals surface area (Å²) in [5, 5.41) is 11.4. The lowest BCUT2D eigenvalue weighted by atomic mass is 10.1. The molecule has 1 aromatic rings. The molecule has 1 amide bonds. The van der Waals surface area contributed by atoms with Crippen molar-refractivity contribution in [3.63, 3.8) is 0 Å². The highest BCUT2D eigenvalue weighted by molar-refractivity contribution is 9.10. The number of halogens is 1. The van der Waals surface area contributed by atoms with Gasteiger partial charge in [0.25, 0.3) is 5.91 Å². The Morgan fingerprint density at radius 1 is 1.53 bits per heavy atom. The highest BCUT2D eigenvalue weighted by atomic mass is 79.9. The molecule has 6 heteroatoms. The van der Waals surface area contributed by atoms with Gasteiger partial charge in [0.05, 0.1) is 6.42 Å². The van der Waals surface area contributed by atoms with Gasteiger partial charge in [-0.05, 0) is 34.5 Å². The number of carboxylic acids is 1. The average molecular weight is 304 g/mol. The van der Waals surface area contributed by atoms with Crippen LogP contribution in [0.4, 0.5) is 0 Å². The number of carboxylic acid groups (broad SMARTS) is 1. The molecule has 5 nitrogen and oxygen atoms in total. The first-order valence-electron chi connectivity index (χ1n) is 5.31. The van der Waals surface area contributed by atoms with Crippen molar-refractivity contribution < 1.29 is 19.1 Å². The van der Waals surface area contributed by atoms with Crippen LogP contribution in [0.3, 0.4) is 0 Å². The Bertz CT molecular complexity index is 402. The minimum atomic E-state index is -0.927. The minimum absolute atomic E-state index is 0.0819. The highest BCUT2D eigenvalue weighted by Crippen LogP contribution is 2.14. The zero-order valence-electron chi connectivity index (χ0n) is 9.40. The molecule has 1 rings (SSSR count). The van der Waals surface area contributed by atoms with Crippen molar-refractivity contribution >= 4 is 27.8 Å². The van der Waals surface area contributed by atoms with E-state index in [0.717, 1.165) is 6.42 Å². The van der Waals surface area contributed by atoms with Crippen LogP contribution >= 0.6 is 15.9 Å². The minimum Gasteiger partial charge on any atom is -0.481 e. The molecule has 0 aromatic carbocycles. The van der Waals surface area contributed by atoms with Gasteiger partial charge in [-0.15, -0.1) is 0 Å². The maximum atomic E-state index is 11.7. The molecule has 0 aliphatic heterocycles. The van der Waals surface area contributed by atoms with Crippen LogP contribution in [0.2, 0.25) is 0 Å². The number of hydrogen-bond acceptors (Lipinski definition) is 3. The summed E-state index contributed by atoms with van der Waals surface area (Å²) < 4.78 is 5.55. The summed E-state index contributed by atoms with van der Waals surface area (Å²) in [6.07, 6.45) is 1.35. The van der Waals surface area contributed by atoms with Gasteiger partial charge in [0.15, 0.2) is 10.4 Å². The van der Waals surface area contributed by atoms with Crippen LogP contribution in [-0.2, 0) is 4.79 Å². The van der Waals surface area contributed by atoms with E-state index < -0.39 is 11.9 Å². The van der Waals surface area contributed by atoms with Gasteiger partial charge < -0.3 is 14.8 Å². The number of carbonyl (C=O) groups is 2. The fourth-order valence-corrected chi connectivity index (χ4v) is 1.78. The zero-order valence-corrected chi connectivity index (χ0v) is 11.0. The zero-order chi connectivity index (χ0) is 12.8. The third-order valence-electron chi connectivity index (χ3n) is 2.19. The molecule has 0 radical (unpaired) electrons. The molecule has 0 spiro atoms. The van der Waals surface area contributed by atoms with E-state index in [1.807, 2.05) is 6.92 Å². The average Bonchev–Trinajstić information content (AvgIpc) is 2.64. The molecule has 2 N–H and O–H groups in total. The molecule has 1 unspecified atom stereocenters. The Hall–Kier alpha value is -1.30. The van der Waals surface area contributed by atoms with Gasteiger partial charge in [-0.25, -0.2) is 0 Å². The number of hydrogen-bond donors (Lipinski definition) is 2. The third-order valence-corrected chi connectivity index (χ3v) is 2.62. The SMILES string of the molecule is CCCC(CC(=O)O)NC(=O)c1ccc(Br)o1. The van der Waals surface area contributed by atoms with Gasteiger partial charge in [0.2, 0.25) is 0 Å². The fraction of sp³-hybridized carbons (Fsp3) is 0.455. The van der Waals surface area contributed by atoms with E-state index in [0.29, 0.717) is 11.1 Å². The summed E-state index contributed by atoms with van der Waals surface area (Å²) in [4.78, 5) is 22.3. The number of furan rings is 1. The van der Waals surface area contributed by atoms with Gasteiger partial charge in [-0.1, -0.05) is 13.3 Å². The van der Waals surface area contributed by atoms with Gasteiger partial charge in [-0.2, -0.15) is 0 Å². The van der Waals surface area contributed by atoms with E-state index in [4.69, 9.17) is 9.52 Å². The van der Waals surface area contributed by atoms with Crippen LogP contribution in [0, 0.1) is 0 Å². The van der Waals surface area contributed by atoms with Gasteiger partial charge >= 0.3 is 5.97 Å². The molecule has 1 atom stereocenters. The largest absolute Gasteiger partial charge is 0.481 e. The highest BCUT2D eigenvalue weighted by Gasteiger charge is 2.18. The van der Waals surface area contributed by atoms with Crippen LogP contribution in [0.1, 0.15) is 36.7 Å². The van der Waals surface area contributed by atoms with Crippen molar-refractivity contribution in [3.8, 4) is 0 Å². The number of nitrogens with one attached hydrogen (secondary N) is 1. The second-order valence-electron chi connectivity index (χ2n) is 3.66. The molecule has 0 saturated heterocycles. The van der Waals surface area contributed by atoms with E-state index >= 15 is 0 Å². The maximum Gasteiger partial charge on any atom is 0.305 e. The van der Waals surface area contributed by atoms with Crippen molar-refractivity contribution in [2.75, 3.05) is 0 Å². The van der Waals surface area contributed by atoms with Crippen molar-refractivity contribution in [2.24, 2.45) is 0 Å². The topological polar surface area (TPSA) is 79.5 Å². The summed E-state index contributed by atoms with van der Waals surface area (Å²) in [6, 6.07) is 2.78. The first-order chi connectivity index (χ1) is 8.02. The smallest absolute Gasteiger partial charge is 0.305 e. The van der Waals surface area contributed by atoms with Crippen molar-refractivity contribution in [1.29, 1.82) is 0 Å². The fourth-order valence-electron chi connectivity index (χ4n) is 1.48. The standard InChI is InChI=1S/C11H14BrNO4/c1-2-3-7(6-10(14)15)13-11(16)8-4-5-9(12)17-8/h4-5,7H,2-3,6H2,1H3,(H,13,16)(H,14,15). The van der Waals surface area contributed by atoms with E-state index in [9.17, 15) is 9.59 Å². The first-order valence-corrected chi connectivity index (χ1v) is 6.10. The lowest BCUT2D eigenvalue weighted by Crippen LogP contribution is -2.36. The number of rotatable bonds is 6. The van der Waals surface area contributed by atoms with E-state index in [2.05, 4.69) is 21.2 Å². The van der Waals surface area contributed by atoms with Gasteiger partial charge in [-0.3, -0.25) is 9.59 Å². The summed E-state index contributed by atoms with van der Waals surface area (Å²) >= 11 is 3.10. The summed E-state index contributed by atoms with van der Waals surface area (Å²) in [6.45, 7) is 1.94. The second kappa shape index (κ2) is 6.44. The Labute approximate surface area is 107 Å². The summed E-state index contributed by atoms with van der Waals surface area (Å²) in [7, 11) is 0. The van der Waals surface area contributed by atoms with E-state index in [1.54, 1.807) is 6.07 Å². The monoisotopic (exact) mass is 303 g/mol. The lowest BCUT2D eigenvalue weighted by molar-refractivity contribution is -0.137. The molecule has 17 heavy (non-hydrogen) atoms. The van der Waals surface area contributed by atoms with Crippen LogP contribution < -0.4 is 5.32 Å². The van der Waals surface area contributed by atoms with Crippen LogP contribution in [-0.4, -0.2) is 23.0 Å². The van der Waals surface area contributed by atoms with Gasteiger partial charge in [0.1, 0.15) is 0 Å². The Kier molecular flexibility index (Phi) is 5.21. The van der Waals surface area contributed by atoms with Crippen molar-refractivity contribution in [1.82, 2.24) is 5.32 Å². The van der Waals surface area contributed by atoms with Crippen molar-refractivity contribution in [3.05, 3.63) is 22.6 Å². The quantitative estimate of drug-likeness (QED) is 0.846. The Morgan fingerprint density at radius 3 is 2.71 bits per heavy atom. The molecule has 0 aliphatic carbocycles. The predicted molar refractivity (Wildman–Crippen MR) is 64.8 cm³/mol. The molecular weight excluding hydrogens is 290 g/mol. The molecule has 0 aliphatic rings. The number of carbonyl (C=O) groups excluding carboxylic acids is 1. The third kappa shape index (κ3) is 4.60. The first kappa shape index (κ1) is 13.8. The summed E-state index contributed by atoms with van der Waals surface area (Å²) in [5.74, 6) is -1.15. The molecule has 1 aromatic heterocycles. The predicted octanol–water partition coefficient (Wildman–Crippen LogP) is 2.42. The molecular formula is C11H14BrNO4.